The predicted octanol–water partition coefficient (Wildman–Crippen LogP) is 1.87. The molecule has 2 atom stereocenters. The number of thioether (sulfide) groups is 1. The Hall–Kier alpha value is -0.520. The Morgan fingerprint density at radius 2 is 2.16 bits per heavy atom. The first-order valence-electron chi connectivity index (χ1n) is 6.81. The van der Waals surface area contributed by atoms with Gasteiger partial charge in [0.25, 0.3) is 0 Å². The van der Waals surface area contributed by atoms with Gasteiger partial charge in [-0.15, -0.1) is 11.8 Å². The maximum Gasteiger partial charge on any atom is 0.151 e. The number of benzene rings is 1. The zero-order chi connectivity index (χ0) is 13.3. The van der Waals surface area contributed by atoms with Gasteiger partial charge in [-0.3, -0.25) is 0 Å². The van der Waals surface area contributed by atoms with Gasteiger partial charge >= 0.3 is 0 Å². The van der Waals surface area contributed by atoms with Crippen molar-refractivity contribution in [2.75, 3.05) is 18.1 Å². The van der Waals surface area contributed by atoms with Crippen molar-refractivity contribution in [3.8, 4) is 0 Å². The average Bonchev–Trinajstić information content (AvgIpc) is 2.78. The van der Waals surface area contributed by atoms with Crippen LogP contribution in [0.1, 0.15) is 18.4 Å². The van der Waals surface area contributed by atoms with E-state index >= 15 is 0 Å². The third-order valence-electron chi connectivity index (χ3n) is 3.81. The zero-order valence-electron chi connectivity index (χ0n) is 10.8. The van der Waals surface area contributed by atoms with E-state index in [1.54, 1.807) is 0 Å². The number of nitrogens with one attached hydrogen (secondary N) is 1. The second-order valence-corrected chi connectivity index (χ2v) is 8.98. The molecule has 0 aliphatic carbocycles. The molecule has 2 aliphatic heterocycles. The topological polar surface area (TPSA) is 46.2 Å². The molecule has 0 spiro atoms. The lowest BCUT2D eigenvalue weighted by Crippen LogP contribution is -2.42. The zero-order valence-corrected chi connectivity index (χ0v) is 12.5. The van der Waals surface area contributed by atoms with Crippen LogP contribution in [0.15, 0.2) is 29.2 Å². The van der Waals surface area contributed by atoms with Crippen molar-refractivity contribution in [2.45, 2.75) is 35.4 Å². The summed E-state index contributed by atoms with van der Waals surface area (Å²) in [6.07, 6.45) is 2.88. The fraction of sp³-hybridized carbons (Fsp3) is 0.571. The summed E-state index contributed by atoms with van der Waals surface area (Å²) in [5.41, 5.74) is 1.43. The molecule has 2 unspecified atom stereocenters. The lowest BCUT2D eigenvalue weighted by molar-refractivity contribution is 0.480. The lowest BCUT2D eigenvalue weighted by Gasteiger charge is -2.24. The van der Waals surface area contributed by atoms with E-state index in [1.807, 2.05) is 11.8 Å². The second-order valence-electron chi connectivity index (χ2n) is 5.41. The van der Waals surface area contributed by atoms with E-state index in [0.717, 1.165) is 25.8 Å². The minimum Gasteiger partial charge on any atom is -0.312 e. The van der Waals surface area contributed by atoms with Gasteiger partial charge in [-0.25, -0.2) is 8.42 Å². The molecule has 0 radical (unpaired) electrons. The molecule has 0 bridgehead atoms. The van der Waals surface area contributed by atoms with Gasteiger partial charge in [0.1, 0.15) is 0 Å². The highest BCUT2D eigenvalue weighted by Crippen LogP contribution is 2.36. The van der Waals surface area contributed by atoms with Gasteiger partial charge < -0.3 is 5.32 Å². The molecule has 5 heteroatoms. The molecule has 104 valence electrons. The largest absolute Gasteiger partial charge is 0.312 e. The van der Waals surface area contributed by atoms with Gasteiger partial charge in [0.15, 0.2) is 9.84 Å². The maximum atomic E-state index is 11.6. The summed E-state index contributed by atoms with van der Waals surface area (Å²) in [7, 11) is -2.80. The van der Waals surface area contributed by atoms with Crippen LogP contribution in [0.3, 0.4) is 0 Å². The van der Waals surface area contributed by atoms with Crippen LogP contribution in [0.2, 0.25) is 0 Å². The molecule has 0 saturated carbocycles. The number of fused-ring (bicyclic) bond motifs is 1. The highest BCUT2D eigenvalue weighted by Gasteiger charge is 2.27. The lowest BCUT2D eigenvalue weighted by atomic mass is 10.1. The fourth-order valence-corrected chi connectivity index (χ4v) is 5.78. The normalized spacial score (nSPS) is 29.1. The first-order valence-corrected chi connectivity index (χ1v) is 9.51. The van der Waals surface area contributed by atoms with Crippen LogP contribution in [0.5, 0.6) is 0 Å². The molecule has 19 heavy (non-hydrogen) atoms. The monoisotopic (exact) mass is 297 g/mol. The van der Waals surface area contributed by atoms with Crippen molar-refractivity contribution in [3.63, 3.8) is 0 Å². The first-order chi connectivity index (χ1) is 9.12. The summed E-state index contributed by atoms with van der Waals surface area (Å²) in [4.78, 5) is 1.38. The molecule has 2 aliphatic rings. The molecular formula is C14H19NO2S2. The molecule has 2 heterocycles. The van der Waals surface area contributed by atoms with Gasteiger partial charge in [-0.2, -0.15) is 0 Å². The molecule has 3 rings (SSSR count). The van der Waals surface area contributed by atoms with Crippen LogP contribution >= 0.6 is 11.8 Å². The van der Waals surface area contributed by atoms with Gasteiger partial charge in [0.2, 0.25) is 0 Å². The number of hydrogen-bond acceptors (Lipinski definition) is 4. The number of sulfone groups is 1. The summed E-state index contributed by atoms with van der Waals surface area (Å²) >= 11 is 1.91. The standard InChI is InChI=1S/C14H19NO2S2/c16-19(17)7-3-5-12(10-19)15-9-13-8-11-4-1-2-6-14(11)18-13/h1-2,4,6,12-13,15H,3,5,7-10H2. The minimum atomic E-state index is -2.80. The van der Waals surface area contributed by atoms with Crippen LogP contribution in [0, 0.1) is 0 Å². The van der Waals surface area contributed by atoms with E-state index in [2.05, 4.69) is 29.6 Å². The molecular weight excluding hydrogens is 278 g/mol. The van der Waals surface area contributed by atoms with Crippen molar-refractivity contribution in [1.29, 1.82) is 0 Å². The summed E-state index contributed by atoms with van der Waals surface area (Å²) in [6, 6.07) is 8.68. The van der Waals surface area contributed by atoms with Gasteiger partial charge in [0.05, 0.1) is 11.5 Å². The van der Waals surface area contributed by atoms with E-state index in [4.69, 9.17) is 0 Å². The summed E-state index contributed by atoms with van der Waals surface area (Å²) in [5, 5.41) is 4.00. The minimum absolute atomic E-state index is 0.156. The van der Waals surface area contributed by atoms with Crippen molar-refractivity contribution in [2.24, 2.45) is 0 Å². The fourth-order valence-electron chi connectivity index (χ4n) is 2.85. The Balaban J connectivity index is 1.52. The molecule has 1 aromatic carbocycles. The average molecular weight is 297 g/mol. The highest BCUT2D eigenvalue weighted by molar-refractivity contribution is 8.00. The van der Waals surface area contributed by atoms with Gasteiger partial charge in [0, 0.05) is 22.7 Å². The maximum absolute atomic E-state index is 11.6. The van der Waals surface area contributed by atoms with Crippen molar-refractivity contribution in [1.82, 2.24) is 5.32 Å². The molecule has 1 N–H and O–H groups in total. The third-order valence-corrected chi connectivity index (χ3v) is 6.95. The summed E-state index contributed by atoms with van der Waals surface area (Å²) in [6.45, 7) is 0.902. The van der Waals surface area contributed by atoms with E-state index in [1.165, 1.54) is 10.5 Å². The van der Waals surface area contributed by atoms with Crippen LogP contribution in [-0.2, 0) is 16.3 Å². The molecule has 0 aromatic heterocycles. The van der Waals surface area contributed by atoms with Crippen LogP contribution in [0.4, 0.5) is 0 Å². The van der Waals surface area contributed by atoms with Crippen molar-refractivity contribution in [3.05, 3.63) is 29.8 Å². The number of rotatable bonds is 3. The molecule has 1 aromatic rings. The van der Waals surface area contributed by atoms with E-state index in [9.17, 15) is 8.42 Å². The smallest absolute Gasteiger partial charge is 0.151 e. The third kappa shape index (κ3) is 3.33. The Bertz CT molecular complexity index is 531. The molecule has 0 amide bonds. The molecule has 3 nitrogen and oxygen atoms in total. The van der Waals surface area contributed by atoms with Crippen LogP contribution < -0.4 is 5.32 Å². The Kier molecular flexibility index (Phi) is 3.87. The van der Waals surface area contributed by atoms with Crippen molar-refractivity contribution >= 4 is 21.6 Å². The van der Waals surface area contributed by atoms with E-state index in [0.29, 0.717) is 16.8 Å². The van der Waals surface area contributed by atoms with E-state index in [-0.39, 0.29) is 6.04 Å². The first kappa shape index (κ1) is 13.5. The predicted molar refractivity (Wildman–Crippen MR) is 79.5 cm³/mol. The Morgan fingerprint density at radius 3 is 2.95 bits per heavy atom. The number of hydrogen-bond donors (Lipinski definition) is 1. The summed E-state index contributed by atoms with van der Waals surface area (Å²) in [5.74, 6) is 0.687. The SMILES string of the molecule is O=S1(=O)CCCC(NCC2Cc3ccccc3S2)C1. The van der Waals surface area contributed by atoms with Gasteiger partial charge in [-0.1, -0.05) is 18.2 Å². The molecule has 1 fully saturated rings. The van der Waals surface area contributed by atoms with Crippen molar-refractivity contribution < 1.29 is 8.42 Å². The Labute approximate surface area is 119 Å². The van der Waals surface area contributed by atoms with Crippen LogP contribution in [0.25, 0.3) is 0 Å². The van der Waals surface area contributed by atoms with Gasteiger partial charge in [-0.05, 0) is 30.9 Å². The quantitative estimate of drug-likeness (QED) is 0.925. The molecule has 1 saturated heterocycles. The highest BCUT2D eigenvalue weighted by atomic mass is 32.2. The second kappa shape index (κ2) is 5.46. The Morgan fingerprint density at radius 1 is 1.32 bits per heavy atom. The van der Waals surface area contributed by atoms with E-state index < -0.39 is 9.84 Å². The van der Waals surface area contributed by atoms with Crippen LogP contribution in [-0.4, -0.2) is 37.8 Å². The summed E-state index contributed by atoms with van der Waals surface area (Å²) < 4.78 is 23.2.